The van der Waals surface area contributed by atoms with Crippen molar-refractivity contribution < 1.29 is 9.47 Å². The van der Waals surface area contributed by atoms with Crippen LogP contribution in [0.3, 0.4) is 0 Å². The van der Waals surface area contributed by atoms with Crippen molar-refractivity contribution in [2.75, 3.05) is 43.2 Å². The lowest BCUT2D eigenvalue weighted by Gasteiger charge is -2.31. The van der Waals surface area contributed by atoms with E-state index in [4.69, 9.17) is 9.47 Å². The summed E-state index contributed by atoms with van der Waals surface area (Å²) in [5.41, 5.74) is 2.24. The minimum absolute atomic E-state index is 0.0193. The molecule has 2 aromatic rings. The number of fused-ring (bicyclic) bond motifs is 1. The largest absolute Gasteiger partial charge is 0.496 e. The van der Waals surface area contributed by atoms with Crippen LogP contribution in [0, 0.1) is 17.8 Å². The number of nitrogens with one attached hydrogen (secondary N) is 1. The Balaban J connectivity index is 1.32. The van der Waals surface area contributed by atoms with Gasteiger partial charge in [-0.15, -0.1) is 0 Å². The lowest BCUT2D eigenvalue weighted by atomic mass is 10.00. The number of nitrogens with zero attached hydrogens (tertiary/aromatic N) is 2. The predicted octanol–water partition coefficient (Wildman–Crippen LogP) is 1.90. The van der Waals surface area contributed by atoms with Gasteiger partial charge in [-0.3, -0.25) is 4.79 Å². The van der Waals surface area contributed by atoms with Crippen LogP contribution in [0.15, 0.2) is 41.2 Å². The Morgan fingerprint density at radius 3 is 2.71 bits per heavy atom. The van der Waals surface area contributed by atoms with Crippen molar-refractivity contribution in [1.82, 2.24) is 4.98 Å². The van der Waals surface area contributed by atoms with Gasteiger partial charge in [0.15, 0.2) is 0 Å². The van der Waals surface area contributed by atoms with Crippen LogP contribution in [0.25, 0.3) is 0 Å². The minimum Gasteiger partial charge on any atom is -0.496 e. The van der Waals surface area contributed by atoms with Crippen molar-refractivity contribution in [3.8, 4) is 5.75 Å². The maximum absolute atomic E-state index is 12.4. The van der Waals surface area contributed by atoms with Crippen LogP contribution in [-0.4, -0.2) is 50.5 Å². The van der Waals surface area contributed by atoms with Crippen molar-refractivity contribution in [3.63, 3.8) is 0 Å². The second-order valence-electron chi connectivity index (χ2n) is 8.40. The molecule has 2 bridgehead atoms. The van der Waals surface area contributed by atoms with Crippen LogP contribution in [-0.2, 0) is 11.2 Å². The van der Waals surface area contributed by atoms with Crippen LogP contribution in [0.2, 0.25) is 0 Å². The molecule has 5 atom stereocenters. The zero-order chi connectivity index (χ0) is 18.8. The van der Waals surface area contributed by atoms with Crippen molar-refractivity contribution in [2.45, 2.75) is 18.5 Å². The Morgan fingerprint density at radius 1 is 1.14 bits per heavy atom. The molecule has 28 heavy (non-hydrogen) atoms. The SMILES string of the molecule is COc1ccccc1C[C@H]1C2C3C([C@@H]32)N1c1cc(N2CCOCC2)cc(=O)[nH]1. The van der Waals surface area contributed by atoms with E-state index in [1.165, 1.54) is 5.56 Å². The van der Waals surface area contributed by atoms with E-state index < -0.39 is 0 Å². The molecule has 0 radical (unpaired) electrons. The van der Waals surface area contributed by atoms with Gasteiger partial charge in [0.05, 0.1) is 20.3 Å². The summed E-state index contributed by atoms with van der Waals surface area (Å²) in [4.78, 5) is 20.3. The average Bonchev–Trinajstić information content (AvgIpc) is 3.57. The smallest absolute Gasteiger partial charge is 0.251 e. The summed E-state index contributed by atoms with van der Waals surface area (Å²) in [6, 6.07) is 13.2. The van der Waals surface area contributed by atoms with Gasteiger partial charge in [0, 0.05) is 43.0 Å². The molecule has 4 heterocycles. The summed E-state index contributed by atoms with van der Waals surface area (Å²) in [6.07, 6.45) is 0.960. The fourth-order valence-corrected chi connectivity index (χ4v) is 5.66. The molecular formula is C22H25N3O3. The first-order valence-electron chi connectivity index (χ1n) is 10.2. The van der Waals surface area contributed by atoms with E-state index in [9.17, 15) is 4.79 Å². The highest BCUT2D eigenvalue weighted by Gasteiger charge is 2.84. The molecule has 3 unspecified atom stereocenters. The fraction of sp³-hybridized carbons (Fsp3) is 0.500. The molecule has 5 aliphatic rings. The number of methoxy groups -OCH3 is 1. The summed E-state index contributed by atoms with van der Waals surface area (Å²) < 4.78 is 11.0. The number of benzene rings is 1. The molecule has 7 rings (SSSR count). The number of morpholine rings is 1. The number of ether oxygens (including phenoxy) is 2. The highest BCUT2D eigenvalue weighted by Crippen LogP contribution is 2.78. The first-order chi connectivity index (χ1) is 13.8. The number of aromatic amines is 1. The van der Waals surface area contributed by atoms with Gasteiger partial charge in [0.2, 0.25) is 0 Å². The van der Waals surface area contributed by atoms with E-state index >= 15 is 0 Å². The molecule has 3 saturated heterocycles. The Morgan fingerprint density at radius 2 is 1.93 bits per heavy atom. The van der Waals surface area contributed by atoms with Crippen molar-refractivity contribution in [3.05, 3.63) is 52.3 Å². The number of hydrogen-bond donors (Lipinski definition) is 1. The van der Waals surface area contributed by atoms with Crippen LogP contribution < -0.4 is 20.1 Å². The average molecular weight is 379 g/mol. The summed E-state index contributed by atoms with van der Waals surface area (Å²) in [5, 5.41) is 0. The molecule has 3 aliphatic heterocycles. The molecule has 0 amide bonds. The molecule has 1 aromatic carbocycles. The number of hydrogen-bond acceptors (Lipinski definition) is 5. The zero-order valence-corrected chi connectivity index (χ0v) is 16.0. The van der Waals surface area contributed by atoms with Gasteiger partial charge in [-0.1, -0.05) is 18.2 Å². The highest BCUT2D eigenvalue weighted by molar-refractivity contribution is 5.62. The highest BCUT2D eigenvalue weighted by atomic mass is 16.5. The molecule has 146 valence electrons. The van der Waals surface area contributed by atoms with Gasteiger partial charge in [0.1, 0.15) is 11.6 Å². The van der Waals surface area contributed by atoms with E-state index in [1.807, 2.05) is 12.1 Å². The van der Waals surface area contributed by atoms with Crippen molar-refractivity contribution in [1.29, 1.82) is 0 Å². The Kier molecular flexibility index (Phi) is 3.54. The minimum atomic E-state index is -0.0193. The van der Waals surface area contributed by atoms with Crippen molar-refractivity contribution in [2.24, 2.45) is 17.8 Å². The molecule has 6 nitrogen and oxygen atoms in total. The number of pyridine rings is 1. The van der Waals surface area contributed by atoms with E-state index in [-0.39, 0.29) is 5.56 Å². The maximum atomic E-state index is 12.4. The van der Waals surface area contributed by atoms with E-state index in [1.54, 1.807) is 13.2 Å². The standard InChI is InChI=1S/C22H25N3O3/c1-27-16-5-3-2-4-13(16)10-15-19-20-21(19)22(20)25(15)17-11-14(12-18(26)23-17)24-6-8-28-9-7-24/h2-5,11-12,15,19-22H,6-10H2,1H3,(H,23,26)/t15-,19?,20+,21?,22?/m0/s1. The number of piperidine rings is 1. The summed E-state index contributed by atoms with van der Waals surface area (Å²) in [7, 11) is 1.74. The molecule has 1 N–H and O–H groups in total. The van der Waals surface area contributed by atoms with Crippen molar-refractivity contribution >= 4 is 11.5 Å². The van der Waals surface area contributed by atoms with E-state index in [0.29, 0.717) is 12.1 Å². The Labute approximate surface area is 164 Å². The summed E-state index contributed by atoms with van der Waals surface area (Å²) >= 11 is 0. The molecule has 2 aliphatic carbocycles. The third-order valence-corrected chi connectivity index (χ3v) is 7.05. The molecule has 0 spiro atoms. The molecular weight excluding hydrogens is 354 g/mol. The topological polar surface area (TPSA) is 57.8 Å². The molecule has 2 saturated carbocycles. The van der Waals surface area contributed by atoms with Gasteiger partial charge in [-0.25, -0.2) is 0 Å². The molecule has 5 fully saturated rings. The van der Waals surface area contributed by atoms with Gasteiger partial charge in [-0.2, -0.15) is 0 Å². The lowest BCUT2D eigenvalue weighted by molar-refractivity contribution is 0.122. The quantitative estimate of drug-likeness (QED) is 0.860. The second kappa shape index (κ2) is 6.01. The maximum Gasteiger partial charge on any atom is 0.251 e. The van der Waals surface area contributed by atoms with Gasteiger partial charge in [0.25, 0.3) is 5.56 Å². The number of H-pyrrole nitrogens is 1. The molecule has 6 heteroatoms. The zero-order valence-electron chi connectivity index (χ0n) is 16.0. The number of aromatic nitrogens is 1. The van der Waals surface area contributed by atoms with E-state index in [0.717, 1.165) is 67.7 Å². The van der Waals surface area contributed by atoms with Crippen LogP contribution in [0.5, 0.6) is 5.75 Å². The second-order valence-corrected chi connectivity index (χ2v) is 8.40. The normalized spacial score (nSPS) is 32.2. The third kappa shape index (κ3) is 2.40. The van der Waals surface area contributed by atoms with Gasteiger partial charge >= 0.3 is 0 Å². The number of para-hydroxylation sites is 1. The summed E-state index contributed by atoms with van der Waals surface area (Å²) in [5.74, 6) is 4.36. The molecule has 1 aromatic heterocycles. The lowest BCUT2D eigenvalue weighted by Crippen LogP contribution is -2.38. The monoisotopic (exact) mass is 379 g/mol. The number of rotatable bonds is 5. The van der Waals surface area contributed by atoms with Crippen LogP contribution in [0.1, 0.15) is 5.56 Å². The summed E-state index contributed by atoms with van der Waals surface area (Å²) in [6.45, 7) is 3.12. The number of anilines is 2. The Bertz CT molecular complexity index is 957. The first-order valence-corrected chi connectivity index (χ1v) is 10.2. The predicted molar refractivity (Wildman–Crippen MR) is 107 cm³/mol. The first kappa shape index (κ1) is 16.5. The van der Waals surface area contributed by atoms with Crippen LogP contribution in [0.4, 0.5) is 11.5 Å². The van der Waals surface area contributed by atoms with Gasteiger partial charge < -0.3 is 24.3 Å². The van der Waals surface area contributed by atoms with E-state index in [2.05, 4.69) is 33.0 Å². The van der Waals surface area contributed by atoms with Crippen LogP contribution >= 0.6 is 0 Å². The fourth-order valence-electron chi connectivity index (χ4n) is 5.66. The Hall–Kier alpha value is -2.47. The third-order valence-electron chi connectivity index (χ3n) is 7.05. The van der Waals surface area contributed by atoms with Gasteiger partial charge in [-0.05, 0) is 35.8 Å².